The van der Waals surface area contributed by atoms with E-state index in [0.29, 0.717) is 18.8 Å². The minimum absolute atomic E-state index is 0.456. The SMILES string of the molecule is CCOCc1cc(OC)cc(C)c1C#N. The molecular formula is C12H15NO2. The maximum atomic E-state index is 9.02. The monoisotopic (exact) mass is 205 g/mol. The van der Waals surface area contributed by atoms with E-state index in [1.54, 1.807) is 7.11 Å². The van der Waals surface area contributed by atoms with E-state index in [1.165, 1.54) is 0 Å². The lowest BCUT2D eigenvalue weighted by atomic mass is 10.0. The van der Waals surface area contributed by atoms with Crippen molar-refractivity contribution in [1.82, 2.24) is 0 Å². The number of ether oxygens (including phenoxy) is 2. The molecule has 0 aromatic heterocycles. The van der Waals surface area contributed by atoms with Gasteiger partial charge < -0.3 is 9.47 Å². The first-order chi connectivity index (χ1) is 7.22. The predicted octanol–water partition coefficient (Wildman–Crippen LogP) is 2.41. The standard InChI is InChI=1S/C12H15NO2/c1-4-15-8-10-6-11(14-3)5-9(2)12(10)7-13/h5-6H,4,8H2,1-3H3. The number of rotatable bonds is 4. The van der Waals surface area contributed by atoms with Crippen LogP contribution in [0.4, 0.5) is 0 Å². The van der Waals surface area contributed by atoms with Crippen LogP contribution >= 0.6 is 0 Å². The van der Waals surface area contributed by atoms with E-state index in [-0.39, 0.29) is 0 Å². The van der Waals surface area contributed by atoms with Gasteiger partial charge >= 0.3 is 0 Å². The van der Waals surface area contributed by atoms with E-state index in [1.807, 2.05) is 26.0 Å². The first kappa shape index (κ1) is 11.5. The van der Waals surface area contributed by atoms with Crippen LogP contribution in [-0.4, -0.2) is 13.7 Å². The van der Waals surface area contributed by atoms with Crippen LogP contribution < -0.4 is 4.74 Å². The van der Waals surface area contributed by atoms with Crippen LogP contribution in [0.3, 0.4) is 0 Å². The number of nitrogens with zero attached hydrogens (tertiary/aromatic N) is 1. The van der Waals surface area contributed by atoms with Crippen LogP contribution in [0.5, 0.6) is 5.75 Å². The molecule has 0 bridgehead atoms. The fourth-order valence-electron chi connectivity index (χ4n) is 1.43. The van der Waals surface area contributed by atoms with E-state index in [9.17, 15) is 0 Å². The highest BCUT2D eigenvalue weighted by Gasteiger charge is 2.08. The minimum atomic E-state index is 0.456. The highest BCUT2D eigenvalue weighted by molar-refractivity contribution is 5.48. The van der Waals surface area contributed by atoms with E-state index in [0.717, 1.165) is 16.9 Å². The zero-order chi connectivity index (χ0) is 11.3. The second-order valence-electron chi connectivity index (χ2n) is 3.23. The largest absolute Gasteiger partial charge is 0.497 e. The summed E-state index contributed by atoms with van der Waals surface area (Å²) >= 11 is 0. The third kappa shape index (κ3) is 2.71. The van der Waals surface area contributed by atoms with Gasteiger partial charge in [0.25, 0.3) is 0 Å². The molecule has 0 amide bonds. The van der Waals surface area contributed by atoms with Crippen molar-refractivity contribution in [1.29, 1.82) is 5.26 Å². The Labute approximate surface area is 90.2 Å². The smallest absolute Gasteiger partial charge is 0.119 e. The molecule has 0 aliphatic heterocycles. The summed E-state index contributed by atoms with van der Waals surface area (Å²) in [5.41, 5.74) is 2.49. The molecule has 1 aromatic carbocycles. The van der Waals surface area contributed by atoms with E-state index < -0.39 is 0 Å². The summed E-state index contributed by atoms with van der Waals surface area (Å²) in [6, 6.07) is 5.89. The minimum Gasteiger partial charge on any atom is -0.497 e. The molecule has 0 spiro atoms. The second kappa shape index (κ2) is 5.38. The molecule has 0 unspecified atom stereocenters. The lowest BCUT2D eigenvalue weighted by Crippen LogP contribution is -1.99. The van der Waals surface area contributed by atoms with Crippen molar-refractivity contribution in [2.45, 2.75) is 20.5 Å². The summed E-state index contributed by atoms with van der Waals surface area (Å²) in [6.07, 6.45) is 0. The van der Waals surface area contributed by atoms with Crippen LogP contribution in [0, 0.1) is 18.3 Å². The van der Waals surface area contributed by atoms with Crippen LogP contribution in [-0.2, 0) is 11.3 Å². The molecule has 0 saturated carbocycles. The predicted molar refractivity (Wildman–Crippen MR) is 57.8 cm³/mol. The Kier molecular flexibility index (Phi) is 4.14. The Morgan fingerprint density at radius 2 is 2.13 bits per heavy atom. The molecule has 0 saturated heterocycles. The van der Waals surface area contributed by atoms with Gasteiger partial charge in [-0.1, -0.05) is 0 Å². The van der Waals surface area contributed by atoms with Crippen molar-refractivity contribution in [3.8, 4) is 11.8 Å². The summed E-state index contributed by atoms with van der Waals surface area (Å²) in [4.78, 5) is 0. The van der Waals surface area contributed by atoms with Gasteiger partial charge in [-0.25, -0.2) is 0 Å². The Balaban J connectivity index is 3.09. The molecule has 1 aromatic rings. The summed E-state index contributed by atoms with van der Waals surface area (Å²) in [5.74, 6) is 0.765. The quantitative estimate of drug-likeness (QED) is 0.758. The van der Waals surface area contributed by atoms with Crippen LogP contribution in [0.2, 0.25) is 0 Å². The normalized spacial score (nSPS) is 9.73. The molecule has 0 aliphatic rings. The molecule has 0 N–H and O–H groups in total. The number of nitriles is 1. The van der Waals surface area contributed by atoms with Gasteiger partial charge in [-0.3, -0.25) is 0 Å². The van der Waals surface area contributed by atoms with Gasteiger partial charge in [-0.15, -0.1) is 0 Å². The molecule has 3 nitrogen and oxygen atoms in total. The van der Waals surface area contributed by atoms with Crippen molar-refractivity contribution in [3.63, 3.8) is 0 Å². The number of benzene rings is 1. The lowest BCUT2D eigenvalue weighted by Gasteiger charge is -2.09. The summed E-state index contributed by atoms with van der Waals surface area (Å²) in [6.45, 7) is 4.92. The molecule has 80 valence electrons. The molecular weight excluding hydrogens is 190 g/mol. The number of hydrogen-bond acceptors (Lipinski definition) is 3. The van der Waals surface area contributed by atoms with Crippen LogP contribution in [0.1, 0.15) is 23.6 Å². The van der Waals surface area contributed by atoms with E-state index in [2.05, 4.69) is 6.07 Å². The molecule has 0 atom stereocenters. The summed E-state index contributed by atoms with van der Waals surface area (Å²) in [5, 5.41) is 9.02. The van der Waals surface area contributed by atoms with Crippen LogP contribution in [0.25, 0.3) is 0 Å². The van der Waals surface area contributed by atoms with Gasteiger partial charge in [-0.2, -0.15) is 5.26 Å². The van der Waals surface area contributed by atoms with Gasteiger partial charge in [0, 0.05) is 6.61 Å². The van der Waals surface area contributed by atoms with Gasteiger partial charge in [-0.05, 0) is 37.1 Å². The van der Waals surface area contributed by atoms with Crippen molar-refractivity contribution >= 4 is 0 Å². The Hall–Kier alpha value is -1.53. The Bertz CT molecular complexity index is 380. The average Bonchev–Trinajstić information content (AvgIpc) is 2.25. The zero-order valence-electron chi connectivity index (χ0n) is 9.33. The van der Waals surface area contributed by atoms with Crippen molar-refractivity contribution in [2.75, 3.05) is 13.7 Å². The molecule has 0 aliphatic carbocycles. The van der Waals surface area contributed by atoms with Gasteiger partial charge in [0.05, 0.1) is 25.3 Å². The molecule has 15 heavy (non-hydrogen) atoms. The number of methoxy groups -OCH3 is 1. The van der Waals surface area contributed by atoms with Gasteiger partial charge in [0.1, 0.15) is 5.75 Å². The first-order valence-corrected chi connectivity index (χ1v) is 4.88. The van der Waals surface area contributed by atoms with E-state index >= 15 is 0 Å². The summed E-state index contributed by atoms with van der Waals surface area (Å²) < 4.78 is 10.5. The van der Waals surface area contributed by atoms with E-state index in [4.69, 9.17) is 14.7 Å². The zero-order valence-corrected chi connectivity index (χ0v) is 9.33. The maximum Gasteiger partial charge on any atom is 0.119 e. The average molecular weight is 205 g/mol. The fourth-order valence-corrected chi connectivity index (χ4v) is 1.43. The fraction of sp³-hybridized carbons (Fsp3) is 0.417. The third-order valence-electron chi connectivity index (χ3n) is 2.20. The molecule has 3 heteroatoms. The molecule has 0 fully saturated rings. The lowest BCUT2D eigenvalue weighted by molar-refractivity contribution is 0.133. The maximum absolute atomic E-state index is 9.02. The van der Waals surface area contributed by atoms with Gasteiger partial charge in [0.15, 0.2) is 0 Å². The number of aryl methyl sites for hydroxylation is 1. The second-order valence-corrected chi connectivity index (χ2v) is 3.23. The number of hydrogen-bond donors (Lipinski definition) is 0. The first-order valence-electron chi connectivity index (χ1n) is 4.88. The summed E-state index contributed by atoms with van der Waals surface area (Å²) in [7, 11) is 1.62. The van der Waals surface area contributed by atoms with Crippen molar-refractivity contribution in [2.24, 2.45) is 0 Å². The van der Waals surface area contributed by atoms with Crippen molar-refractivity contribution in [3.05, 3.63) is 28.8 Å². The topological polar surface area (TPSA) is 42.2 Å². The molecule has 0 radical (unpaired) electrons. The van der Waals surface area contributed by atoms with Crippen molar-refractivity contribution < 1.29 is 9.47 Å². The van der Waals surface area contributed by atoms with Crippen LogP contribution in [0.15, 0.2) is 12.1 Å². The molecule has 1 rings (SSSR count). The molecule has 0 heterocycles. The highest BCUT2D eigenvalue weighted by Crippen LogP contribution is 2.22. The van der Waals surface area contributed by atoms with Gasteiger partial charge in [0.2, 0.25) is 0 Å². The highest BCUT2D eigenvalue weighted by atomic mass is 16.5. The Morgan fingerprint density at radius 3 is 2.67 bits per heavy atom. The Morgan fingerprint density at radius 1 is 1.40 bits per heavy atom. The third-order valence-corrected chi connectivity index (χ3v) is 2.20.